The molecule has 0 heterocycles. The van der Waals surface area contributed by atoms with Crippen molar-refractivity contribution in [3.8, 4) is 0 Å². The van der Waals surface area contributed by atoms with E-state index in [0.717, 1.165) is 5.56 Å². The summed E-state index contributed by atoms with van der Waals surface area (Å²) in [5.41, 5.74) is 5.99. The van der Waals surface area contributed by atoms with E-state index >= 15 is 0 Å². The van der Waals surface area contributed by atoms with Crippen molar-refractivity contribution < 1.29 is 5.11 Å². The van der Waals surface area contributed by atoms with Gasteiger partial charge in [0, 0.05) is 6.04 Å². The number of nitrogens with two attached hydrogens (primary N) is 1. The maximum Gasteiger partial charge on any atom is 0.0926 e. The lowest BCUT2D eigenvalue weighted by Gasteiger charge is -2.42. The predicted octanol–water partition coefficient (Wildman–Crippen LogP) is 1.42. The fourth-order valence-electron chi connectivity index (χ4n) is 1.79. The minimum Gasteiger partial charge on any atom is -0.385 e. The van der Waals surface area contributed by atoms with Crippen molar-refractivity contribution in [2.75, 3.05) is 0 Å². The van der Waals surface area contributed by atoms with Gasteiger partial charge in [-0.2, -0.15) is 0 Å². The molecule has 1 saturated carbocycles. The van der Waals surface area contributed by atoms with Gasteiger partial charge in [0.1, 0.15) is 0 Å². The van der Waals surface area contributed by atoms with Crippen LogP contribution in [0.3, 0.4) is 0 Å². The van der Waals surface area contributed by atoms with E-state index in [-0.39, 0.29) is 18.4 Å². The third-order valence-corrected chi connectivity index (χ3v) is 2.51. The van der Waals surface area contributed by atoms with Crippen LogP contribution in [0, 0.1) is 0 Å². The van der Waals surface area contributed by atoms with Gasteiger partial charge in [0.05, 0.1) is 5.60 Å². The van der Waals surface area contributed by atoms with E-state index in [1.54, 1.807) is 0 Å². The van der Waals surface area contributed by atoms with E-state index in [1.807, 2.05) is 30.3 Å². The summed E-state index contributed by atoms with van der Waals surface area (Å²) >= 11 is 0. The van der Waals surface area contributed by atoms with E-state index in [0.29, 0.717) is 12.8 Å². The zero-order chi connectivity index (χ0) is 8.60. The minimum atomic E-state index is -0.638. The number of hydrogen-bond donors (Lipinski definition) is 2. The Balaban J connectivity index is 0.000000845. The molecule has 13 heavy (non-hydrogen) atoms. The predicted molar refractivity (Wildman–Crippen MR) is 54.8 cm³/mol. The second kappa shape index (κ2) is 3.66. The highest BCUT2D eigenvalue weighted by atomic mass is 35.5. The van der Waals surface area contributed by atoms with Crippen molar-refractivity contribution >= 4 is 12.4 Å². The molecule has 1 aromatic rings. The molecule has 0 amide bonds. The Morgan fingerprint density at radius 3 is 2.23 bits per heavy atom. The van der Waals surface area contributed by atoms with E-state index in [4.69, 9.17) is 5.73 Å². The van der Waals surface area contributed by atoms with Crippen LogP contribution in [0.1, 0.15) is 18.4 Å². The van der Waals surface area contributed by atoms with Crippen LogP contribution >= 0.6 is 12.4 Å². The van der Waals surface area contributed by atoms with Crippen molar-refractivity contribution in [3.63, 3.8) is 0 Å². The van der Waals surface area contributed by atoms with Gasteiger partial charge in [0.15, 0.2) is 0 Å². The Morgan fingerprint density at radius 2 is 1.77 bits per heavy atom. The van der Waals surface area contributed by atoms with Crippen LogP contribution in [0.15, 0.2) is 30.3 Å². The molecule has 72 valence electrons. The fraction of sp³-hybridized carbons (Fsp3) is 0.400. The Hall–Kier alpha value is -0.570. The summed E-state index contributed by atoms with van der Waals surface area (Å²) in [6.45, 7) is 0. The number of halogens is 1. The van der Waals surface area contributed by atoms with E-state index in [2.05, 4.69) is 0 Å². The van der Waals surface area contributed by atoms with Gasteiger partial charge < -0.3 is 10.8 Å². The monoisotopic (exact) mass is 199 g/mol. The molecule has 0 atom stereocenters. The summed E-state index contributed by atoms with van der Waals surface area (Å²) in [6, 6.07) is 9.91. The van der Waals surface area contributed by atoms with Gasteiger partial charge in [-0.1, -0.05) is 30.3 Å². The van der Waals surface area contributed by atoms with Crippen LogP contribution in [0.2, 0.25) is 0 Å². The molecule has 2 nitrogen and oxygen atoms in total. The summed E-state index contributed by atoms with van der Waals surface area (Å²) in [7, 11) is 0. The van der Waals surface area contributed by atoms with Gasteiger partial charge in [-0.25, -0.2) is 0 Å². The minimum absolute atomic E-state index is 0. The molecule has 0 spiro atoms. The SMILES string of the molecule is Cl.NC1CC(O)(c2ccccc2)C1. The fourth-order valence-corrected chi connectivity index (χ4v) is 1.79. The molecule has 2 rings (SSSR count). The largest absolute Gasteiger partial charge is 0.385 e. The number of rotatable bonds is 1. The van der Waals surface area contributed by atoms with Crippen molar-refractivity contribution in [2.45, 2.75) is 24.5 Å². The molecule has 0 bridgehead atoms. The molecule has 1 aliphatic carbocycles. The Morgan fingerprint density at radius 1 is 1.23 bits per heavy atom. The Kier molecular flexibility index (Phi) is 2.96. The van der Waals surface area contributed by atoms with Crippen LogP contribution in [0.25, 0.3) is 0 Å². The molecule has 0 unspecified atom stereocenters. The summed E-state index contributed by atoms with van der Waals surface area (Å²) in [5.74, 6) is 0. The van der Waals surface area contributed by atoms with Crippen LogP contribution in [0.4, 0.5) is 0 Å². The first-order valence-electron chi connectivity index (χ1n) is 4.24. The quantitative estimate of drug-likeness (QED) is 0.719. The van der Waals surface area contributed by atoms with Gasteiger partial charge in [0.25, 0.3) is 0 Å². The average Bonchev–Trinajstić information content (AvgIpc) is 2.04. The Bertz CT molecular complexity index is 270. The normalized spacial score (nSPS) is 31.7. The molecule has 0 aromatic heterocycles. The van der Waals surface area contributed by atoms with Crippen LogP contribution < -0.4 is 5.73 Å². The highest BCUT2D eigenvalue weighted by molar-refractivity contribution is 5.85. The van der Waals surface area contributed by atoms with Crippen LogP contribution in [-0.2, 0) is 5.60 Å². The maximum absolute atomic E-state index is 9.97. The topological polar surface area (TPSA) is 46.2 Å². The lowest BCUT2D eigenvalue weighted by molar-refractivity contribution is -0.0522. The summed E-state index contributed by atoms with van der Waals surface area (Å²) in [6.07, 6.45) is 1.38. The molecule has 1 aliphatic rings. The molecular weight excluding hydrogens is 186 g/mol. The second-order valence-electron chi connectivity index (χ2n) is 3.57. The van der Waals surface area contributed by atoms with Crippen LogP contribution in [0.5, 0.6) is 0 Å². The summed E-state index contributed by atoms with van der Waals surface area (Å²) in [4.78, 5) is 0. The highest BCUT2D eigenvalue weighted by Gasteiger charge is 2.41. The van der Waals surface area contributed by atoms with Crippen molar-refractivity contribution in [3.05, 3.63) is 35.9 Å². The van der Waals surface area contributed by atoms with Crippen molar-refractivity contribution in [2.24, 2.45) is 5.73 Å². The number of benzene rings is 1. The molecular formula is C10H14ClNO. The van der Waals surface area contributed by atoms with Crippen molar-refractivity contribution in [1.29, 1.82) is 0 Å². The van der Waals surface area contributed by atoms with Gasteiger partial charge in [0.2, 0.25) is 0 Å². The van der Waals surface area contributed by atoms with Crippen LogP contribution in [-0.4, -0.2) is 11.1 Å². The smallest absolute Gasteiger partial charge is 0.0926 e. The first kappa shape index (κ1) is 10.5. The van der Waals surface area contributed by atoms with E-state index in [9.17, 15) is 5.11 Å². The van der Waals surface area contributed by atoms with E-state index < -0.39 is 5.60 Å². The average molecular weight is 200 g/mol. The molecule has 1 fully saturated rings. The van der Waals surface area contributed by atoms with Gasteiger partial charge >= 0.3 is 0 Å². The lowest BCUT2D eigenvalue weighted by atomic mass is 9.72. The standard InChI is InChI=1S/C10H13NO.ClH/c11-9-6-10(12,7-9)8-4-2-1-3-5-8;/h1-5,9,12H,6-7,11H2;1H. The molecule has 0 aliphatic heterocycles. The van der Waals surface area contributed by atoms with Crippen molar-refractivity contribution in [1.82, 2.24) is 0 Å². The van der Waals surface area contributed by atoms with E-state index in [1.165, 1.54) is 0 Å². The zero-order valence-electron chi connectivity index (χ0n) is 7.31. The second-order valence-corrected chi connectivity index (χ2v) is 3.57. The lowest BCUT2D eigenvalue weighted by Crippen LogP contribution is -2.49. The first-order chi connectivity index (χ1) is 5.71. The summed E-state index contributed by atoms with van der Waals surface area (Å²) < 4.78 is 0. The molecule has 0 saturated heterocycles. The van der Waals surface area contributed by atoms with Gasteiger partial charge in [-0.3, -0.25) is 0 Å². The molecule has 0 radical (unpaired) electrons. The third kappa shape index (κ3) is 1.85. The molecule has 1 aromatic carbocycles. The molecule has 3 N–H and O–H groups in total. The highest BCUT2D eigenvalue weighted by Crippen LogP contribution is 2.39. The number of hydrogen-bond acceptors (Lipinski definition) is 2. The zero-order valence-corrected chi connectivity index (χ0v) is 8.13. The molecule has 3 heteroatoms. The van der Waals surface area contributed by atoms with Gasteiger partial charge in [-0.15, -0.1) is 12.4 Å². The Labute approximate surface area is 84.2 Å². The van der Waals surface area contributed by atoms with Gasteiger partial charge in [-0.05, 0) is 18.4 Å². The first-order valence-corrected chi connectivity index (χ1v) is 4.24. The summed E-state index contributed by atoms with van der Waals surface area (Å²) in [5, 5.41) is 9.97. The maximum atomic E-state index is 9.97. The third-order valence-electron chi connectivity index (χ3n) is 2.51. The number of aliphatic hydroxyl groups is 1.